The fraction of sp³-hybridized carbons (Fsp3) is 0.429. The van der Waals surface area contributed by atoms with Crippen LogP contribution in [0.2, 0.25) is 5.02 Å². The van der Waals surface area contributed by atoms with Crippen LogP contribution in [0.1, 0.15) is 32.3 Å². The Morgan fingerprint density at radius 3 is 2.71 bits per heavy atom. The summed E-state index contributed by atoms with van der Waals surface area (Å²) < 4.78 is 0. The minimum Gasteiger partial charge on any atom is -0.326 e. The topological polar surface area (TPSA) is 96.0 Å². The second kappa shape index (κ2) is 7.60. The number of carbonyl (C=O) groups excluding carboxylic acids is 1. The SMILES string of the molecule is CC[C@@H]([C@H](C)CC(=O)Nc1ccc(C#N)c(Cl)c1)[N+](=O)[O-]. The quantitative estimate of drug-likeness (QED) is 0.644. The van der Waals surface area contributed by atoms with Gasteiger partial charge in [-0.1, -0.05) is 25.4 Å². The number of nitrogens with one attached hydrogen (secondary N) is 1. The largest absolute Gasteiger partial charge is 0.326 e. The average Bonchev–Trinajstić information content (AvgIpc) is 2.38. The number of nitrogens with zero attached hydrogens (tertiary/aromatic N) is 2. The third kappa shape index (κ3) is 4.72. The average molecular weight is 310 g/mol. The highest BCUT2D eigenvalue weighted by molar-refractivity contribution is 6.32. The summed E-state index contributed by atoms with van der Waals surface area (Å²) in [5.41, 5.74) is 0.785. The van der Waals surface area contributed by atoms with Gasteiger partial charge in [0.15, 0.2) is 0 Å². The van der Waals surface area contributed by atoms with Gasteiger partial charge in [0.2, 0.25) is 11.9 Å². The lowest BCUT2D eigenvalue weighted by Crippen LogP contribution is -2.29. The molecule has 0 spiro atoms. The molecule has 1 N–H and O–H groups in total. The molecule has 0 radical (unpaired) electrons. The zero-order valence-corrected chi connectivity index (χ0v) is 12.6. The molecule has 0 unspecified atom stereocenters. The molecule has 1 aromatic carbocycles. The van der Waals surface area contributed by atoms with E-state index in [1.165, 1.54) is 12.1 Å². The van der Waals surface area contributed by atoms with E-state index in [2.05, 4.69) is 5.32 Å². The van der Waals surface area contributed by atoms with E-state index in [1.54, 1.807) is 19.9 Å². The maximum Gasteiger partial charge on any atom is 0.224 e. The van der Waals surface area contributed by atoms with Crippen LogP contribution in [0.25, 0.3) is 0 Å². The van der Waals surface area contributed by atoms with Crippen LogP contribution in [0, 0.1) is 27.4 Å². The molecule has 112 valence electrons. The van der Waals surface area contributed by atoms with Crippen LogP contribution >= 0.6 is 11.6 Å². The Morgan fingerprint density at radius 2 is 2.24 bits per heavy atom. The fourth-order valence-corrected chi connectivity index (χ4v) is 2.31. The van der Waals surface area contributed by atoms with Gasteiger partial charge in [-0.25, -0.2) is 0 Å². The molecule has 1 aromatic rings. The Labute approximate surface area is 127 Å². The standard InChI is InChI=1S/C14H16ClN3O3/c1-3-13(18(20)21)9(2)6-14(19)17-11-5-4-10(8-16)12(15)7-11/h4-5,7,9,13H,3,6H2,1-2H3,(H,17,19)/t9-,13+/m1/s1. The van der Waals surface area contributed by atoms with E-state index in [9.17, 15) is 14.9 Å². The lowest BCUT2D eigenvalue weighted by atomic mass is 9.96. The fourth-order valence-electron chi connectivity index (χ4n) is 2.08. The Hall–Kier alpha value is -2.13. The number of carbonyl (C=O) groups is 1. The molecule has 0 fully saturated rings. The lowest BCUT2D eigenvalue weighted by Gasteiger charge is -2.15. The van der Waals surface area contributed by atoms with Gasteiger partial charge in [0.25, 0.3) is 0 Å². The van der Waals surface area contributed by atoms with E-state index in [0.717, 1.165) is 0 Å². The minimum atomic E-state index is -0.736. The van der Waals surface area contributed by atoms with Gasteiger partial charge in [0.05, 0.1) is 10.6 Å². The van der Waals surface area contributed by atoms with Crippen molar-refractivity contribution in [2.75, 3.05) is 5.32 Å². The summed E-state index contributed by atoms with van der Waals surface area (Å²) in [6, 6.07) is 5.74. The number of benzene rings is 1. The van der Waals surface area contributed by atoms with Crippen molar-refractivity contribution < 1.29 is 9.72 Å². The molecule has 0 aliphatic rings. The molecule has 6 nitrogen and oxygen atoms in total. The zero-order chi connectivity index (χ0) is 16.0. The first kappa shape index (κ1) is 16.9. The van der Waals surface area contributed by atoms with Crippen molar-refractivity contribution in [3.63, 3.8) is 0 Å². The van der Waals surface area contributed by atoms with Gasteiger partial charge in [-0.3, -0.25) is 14.9 Å². The number of nitriles is 1. The number of halogens is 1. The van der Waals surface area contributed by atoms with Crippen molar-refractivity contribution in [3.05, 3.63) is 38.9 Å². The normalized spacial score (nSPS) is 13.0. The second-order valence-corrected chi connectivity index (χ2v) is 5.20. The summed E-state index contributed by atoms with van der Waals surface area (Å²) in [7, 11) is 0. The van der Waals surface area contributed by atoms with Gasteiger partial charge in [-0.05, 0) is 18.2 Å². The summed E-state index contributed by atoms with van der Waals surface area (Å²) >= 11 is 5.87. The van der Waals surface area contributed by atoms with Crippen molar-refractivity contribution in [1.29, 1.82) is 5.26 Å². The highest BCUT2D eigenvalue weighted by atomic mass is 35.5. The van der Waals surface area contributed by atoms with Crippen molar-refractivity contribution in [1.82, 2.24) is 0 Å². The molecule has 1 amide bonds. The van der Waals surface area contributed by atoms with E-state index in [-0.39, 0.29) is 28.2 Å². The third-order valence-electron chi connectivity index (χ3n) is 3.23. The van der Waals surface area contributed by atoms with Crippen LogP contribution in [0.5, 0.6) is 0 Å². The van der Waals surface area contributed by atoms with E-state index in [1.807, 2.05) is 6.07 Å². The Balaban J connectivity index is 2.68. The van der Waals surface area contributed by atoms with Crippen molar-refractivity contribution >= 4 is 23.2 Å². The molecule has 7 heteroatoms. The van der Waals surface area contributed by atoms with E-state index < -0.39 is 6.04 Å². The molecule has 0 aliphatic heterocycles. The summed E-state index contributed by atoms with van der Waals surface area (Å²) in [5, 5.41) is 22.5. The van der Waals surface area contributed by atoms with Crippen LogP contribution in [0.15, 0.2) is 18.2 Å². The maximum absolute atomic E-state index is 11.9. The molecule has 21 heavy (non-hydrogen) atoms. The molecule has 0 bridgehead atoms. The lowest BCUT2D eigenvalue weighted by molar-refractivity contribution is -0.531. The minimum absolute atomic E-state index is 0.0527. The van der Waals surface area contributed by atoms with Crippen molar-refractivity contribution in [3.8, 4) is 6.07 Å². The molecule has 0 aliphatic carbocycles. The molecule has 0 heterocycles. The van der Waals surface area contributed by atoms with Gasteiger partial charge in [0, 0.05) is 29.4 Å². The van der Waals surface area contributed by atoms with Crippen LogP contribution in [0.4, 0.5) is 5.69 Å². The number of hydrogen-bond donors (Lipinski definition) is 1. The highest BCUT2D eigenvalue weighted by Gasteiger charge is 2.27. The van der Waals surface area contributed by atoms with Gasteiger partial charge in [0.1, 0.15) is 6.07 Å². The Bertz CT molecular complexity index is 583. The number of hydrogen-bond acceptors (Lipinski definition) is 4. The zero-order valence-electron chi connectivity index (χ0n) is 11.8. The predicted molar refractivity (Wildman–Crippen MR) is 79.7 cm³/mol. The monoisotopic (exact) mass is 309 g/mol. The van der Waals surface area contributed by atoms with Crippen molar-refractivity contribution in [2.24, 2.45) is 5.92 Å². The number of nitro groups is 1. The second-order valence-electron chi connectivity index (χ2n) is 4.80. The molecular weight excluding hydrogens is 294 g/mol. The van der Waals surface area contributed by atoms with Gasteiger partial charge >= 0.3 is 0 Å². The first-order valence-electron chi connectivity index (χ1n) is 6.52. The summed E-state index contributed by atoms with van der Waals surface area (Å²) in [6.07, 6.45) is 0.432. The van der Waals surface area contributed by atoms with Crippen molar-refractivity contribution in [2.45, 2.75) is 32.7 Å². The molecule has 0 saturated carbocycles. The first-order chi connectivity index (χ1) is 9.88. The predicted octanol–water partition coefficient (Wildman–Crippen LogP) is 3.23. The van der Waals surface area contributed by atoms with E-state index in [0.29, 0.717) is 17.7 Å². The van der Waals surface area contributed by atoms with Crippen LogP contribution < -0.4 is 5.32 Å². The van der Waals surface area contributed by atoms with E-state index >= 15 is 0 Å². The van der Waals surface area contributed by atoms with Crippen LogP contribution in [0.3, 0.4) is 0 Å². The molecular formula is C14H16ClN3O3. The van der Waals surface area contributed by atoms with Gasteiger partial charge in [-0.2, -0.15) is 5.26 Å². The van der Waals surface area contributed by atoms with Crippen LogP contribution in [-0.4, -0.2) is 16.9 Å². The molecule has 0 aromatic heterocycles. The maximum atomic E-state index is 11.9. The molecule has 0 saturated heterocycles. The smallest absolute Gasteiger partial charge is 0.224 e. The third-order valence-corrected chi connectivity index (χ3v) is 3.54. The Morgan fingerprint density at radius 1 is 1.57 bits per heavy atom. The highest BCUT2D eigenvalue weighted by Crippen LogP contribution is 2.21. The molecule has 2 atom stereocenters. The summed E-state index contributed by atoms with van der Waals surface area (Å²) in [4.78, 5) is 22.4. The number of rotatable bonds is 6. The van der Waals surface area contributed by atoms with Gasteiger partial charge < -0.3 is 5.32 Å². The molecule has 1 rings (SSSR count). The van der Waals surface area contributed by atoms with Gasteiger partial charge in [-0.15, -0.1) is 0 Å². The van der Waals surface area contributed by atoms with E-state index in [4.69, 9.17) is 16.9 Å². The number of amides is 1. The number of anilines is 1. The first-order valence-corrected chi connectivity index (χ1v) is 6.89. The van der Waals surface area contributed by atoms with Crippen LogP contribution in [-0.2, 0) is 4.79 Å². The Kier molecular flexibility index (Phi) is 6.12. The summed E-state index contributed by atoms with van der Waals surface area (Å²) in [5.74, 6) is -0.678. The summed E-state index contributed by atoms with van der Waals surface area (Å²) in [6.45, 7) is 3.41.